The van der Waals surface area contributed by atoms with Crippen molar-refractivity contribution in [3.05, 3.63) is 53.6 Å². The van der Waals surface area contributed by atoms with E-state index in [0.717, 1.165) is 30.4 Å². The monoisotopic (exact) mass is 342 g/mol. The molecule has 0 bridgehead atoms. The van der Waals surface area contributed by atoms with Gasteiger partial charge in [0.1, 0.15) is 11.4 Å². The predicted molar refractivity (Wildman–Crippen MR) is 96.5 cm³/mol. The summed E-state index contributed by atoms with van der Waals surface area (Å²) in [6, 6.07) is 17.3. The van der Waals surface area contributed by atoms with Crippen LogP contribution < -0.4 is 4.74 Å². The molecule has 2 aliphatic rings. The lowest BCUT2D eigenvalue weighted by atomic mass is 9.65. The Labute approximate surface area is 152 Å². The number of Topliss-reactive ketones (excluding diaryl/α,β-unsaturated/α-hetero) is 1. The summed E-state index contributed by atoms with van der Waals surface area (Å²) < 4.78 is 6.36. The molecule has 0 amide bonds. The smallest absolute Gasteiger partial charge is 0.173 e. The van der Waals surface area contributed by atoms with Crippen molar-refractivity contribution in [2.24, 2.45) is 5.92 Å². The van der Waals surface area contributed by atoms with Crippen LogP contribution in [0.2, 0.25) is 0 Å². The van der Waals surface area contributed by atoms with E-state index in [2.05, 4.69) is 12.1 Å². The Kier molecular flexibility index (Phi) is 3.98. The second kappa shape index (κ2) is 6.32. The molecule has 4 rings (SSSR count). The molecule has 4 heteroatoms. The number of ether oxygens (including phenoxy) is 1. The first-order valence-electron chi connectivity index (χ1n) is 8.92. The lowest BCUT2D eigenvalue weighted by Gasteiger charge is -2.49. The van der Waals surface area contributed by atoms with Gasteiger partial charge in [-0.3, -0.25) is 4.79 Å². The molecule has 26 heavy (non-hydrogen) atoms. The van der Waals surface area contributed by atoms with Crippen molar-refractivity contribution >= 4 is 5.78 Å². The molecule has 1 saturated carbocycles. The highest BCUT2D eigenvalue weighted by Gasteiger charge is 2.52. The van der Waals surface area contributed by atoms with Crippen LogP contribution in [-0.2, 0) is 0 Å². The van der Waals surface area contributed by atoms with Crippen LogP contribution in [0.3, 0.4) is 0 Å². The van der Waals surface area contributed by atoms with Crippen molar-refractivity contribution in [2.45, 2.75) is 37.7 Å². The quantitative estimate of drug-likeness (QED) is 0.814. The molecule has 128 valence electrons. The molecule has 0 saturated heterocycles. The largest absolute Gasteiger partial charge is 0.486 e. The highest BCUT2D eigenvalue weighted by Crippen LogP contribution is 2.50. The van der Waals surface area contributed by atoms with Crippen molar-refractivity contribution in [3.63, 3.8) is 0 Å². The summed E-state index contributed by atoms with van der Waals surface area (Å²) >= 11 is 0. The van der Waals surface area contributed by atoms with Gasteiger partial charge in [0.05, 0.1) is 29.2 Å². The Morgan fingerprint density at radius 2 is 1.92 bits per heavy atom. The Bertz CT molecular complexity index is 961. The number of nitriles is 2. The summed E-state index contributed by atoms with van der Waals surface area (Å²) in [5.74, 6) is 0.498. The fraction of sp³-hybridized carbons (Fsp3) is 0.318. The van der Waals surface area contributed by atoms with Crippen LogP contribution in [0.25, 0.3) is 11.1 Å². The first-order valence-corrected chi connectivity index (χ1v) is 8.92. The van der Waals surface area contributed by atoms with Gasteiger partial charge in [0.25, 0.3) is 0 Å². The second-order valence-electron chi connectivity index (χ2n) is 7.04. The molecule has 1 aliphatic heterocycles. The maximum Gasteiger partial charge on any atom is 0.173 e. The number of fused-ring (bicyclic) bond motifs is 1. The van der Waals surface area contributed by atoms with Crippen LogP contribution in [0.4, 0.5) is 0 Å². The first-order chi connectivity index (χ1) is 12.7. The van der Waals surface area contributed by atoms with E-state index < -0.39 is 5.60 Å². The lowest BCUT2D eigenvalue weighted by Crippen LogP contribution is -2.55. The van der Waals surface area contributed by atoms with Gasteiger partial charge in [0.2, 0.25) is 0 Å². The fourth-order valence-corrected chi connectivity index (χ4v) is 4.05. The van der Waals surface area contributed by atoms with Crippen molar-refractivity contribution in [1.82, 2.24) is 0 Å². The van der Waals surface area contributed by atoms with Crippen molar-refractivity contribution in [2.75, 3.05) is 0 Å². The molecule has 2 aromatic carbocycles. The Morgan fingerprint density at radius 1 is 1.12 bits per heavy atom. The van der Waals surface area contributed by atoms with Crippen LogP contribution in [0.5, 0.6) is 5.75 Å². The Hall–Kier alpha value is -3.11. The van der Waals surface area contributed by atoms with Crippen LogP contribution in [-0.4, -0.2) is 11.4 Å². The van der Waals surface area contributed by atoms with E-state index in [1.165, 1.54) is 0 Å². The summed E-state index contributed by atoms with van der Waals surface area (Å²) in [4.78, 5) is 13.0. The summed E-state index contributed by atoms with van der Waals surface area (Å²) in [6.07, 6.45) is 3.71. The van der Waals surface area contributed by atoms with Crippen LogP contribution in [0.15, 0.2) is 42.5 Å². The summed E-state index contributed by atoms with van der Waals surface area (Å²) in [7, 11) is 0. The average molecular weight is 342 g/mol. The average Bonchev–Trinajstić information content (AvgIpc) is 2.65. The zero-order valence-corrected chi connectivity index (χ0v) is 14.4. The van der Waals surface area contributed by atoms with Gasteiger partial charge >= 0.3 is 0 Å². The standard InChI is InChI=1S/C22H18N2O2/c23-11-2-6-19-21(25)18-8-7-17(16-5-1-4-15(12-16)14-24)13-20(18)26-22(19)9-3-10-22/h1,4-5,7-8,12-13,19H,2-3,6,9-10H2. The Balaban J connectivity index is 1.73. The van der Waals surface area contributed by atoms with Crippen molar-refractivity contribution in [3.8, 4) is 29.0 Å². The van der Waals surface area contributed by atoms with Gasteiger partial charge in [-0.1, -0.05) is 18.2 Å². The van der Waals surface area contributed by atoms with Gasteiger partial charge in [0.15, 0.2) is 5.78 Å². The van der Waals surface area contributed by atoms with E-state index in [0.29, 0.717) is 29.7 Å². The van der Waals surface area contributed by atoms with Gasteiger partial charge in [-0.15, -0.1) is 0 Å². The molecule has 1 heterocycles. The number of hydrogen-bond donors (Lipinski definition) is 0. The number of benzene rings is 2. The SMILES string of the molecule is N#CCCC1C(=O)c2ccc(-c3cccc(C#N)c3)cc2OC12CCC2. The van der Waals surface area contributed by atoms with Gasteiger partial charge in [-0.05, 0) is 61.1 Å². The summed E-state index contributed by atoms with van der Waals surface area (Å²) in [5.41, 5.74) is 2.62. The minimum absolute atomic E-state index is 0.0959. The summed E-state index contributed by atoms with van der Waals surface area (Å²) in [5, 5.41) is 18.0. The van der Waals surface area contributed by atoms with E-state index in [1.54, 1.807) is 6.07 Å². The first kappa shape index (κ1) is 16.4. The lowest BCUT2D eigenvalue weighted by molar-refractivity contribution is -0.0584. The second-order valence-corrected chi connectivity index (χ2v) is 7.04. The maximum absolute atomic E-state index is 13.0. The zero-order valence-electron chi connectivity index (χ0n) is 14.4. The van der Waals surface area contributed by atoms with Gasteiger partial charge in [0, 0.05) is 6.42 Å². The number of rotatable bonds is 3. The van der Waals surface area contributed by atoms with Gasteiger partial charge in [-0.25, -0.2) is 0 Å². The van der Waals surface area contributed by atoms with Crippen molar-refractivity contribution in [1.29, 1.82) is 10.5 Å². The topological polar surface area (TPSA) is 73.9 Å². The summed E-state index contributed by atoms with van der Waals surface area (Å²) in [6.45, 7) is 0. The minimum atomic E-state index is -0.436. The van der Waals surface area contributed by atoms with Crippen LogP contribution in [0.1, 0.15) is 48.0 Å². The number of hydrogen-bond acceptors (Lipinski definition) is 4. The third-order valence-corrected chi connectivity index (χ3v) is 5.58. The van der Waals surface area contributed by atoms with E-state index in [1.807, 2.05) is 36.4 Å². The fourth-order valence-electron chi connectivity index (χ4n) is 4.05. The van der Waals surface area contributed by atoms with E-state index in [9.17, 15) is 4.79 Å². The molecule has 1 unspecified atom stereocenters. The molecule has 1 aliphatic carbocycles. The highest BCUT2D eigenvalue weighted by molar-refractivity contribution is 6.02. The molecule has 2 aromatic rings. The van der Waals surface area contributed by atoms with Gasteiger partial charge < -0.3 is 4.74 Å². The molecule has 1 atom stereocenters. The predicted octanol–water partition coefficient (Wildman–Crippen LogP) is 4.64. The normalized spacial score (nSPS) is 19.6. The Morgan fingerprint density at radius 3 is 2.62 bits per heavy atom. The zero-order chi connectivity index (χ0) is 18.1. The number of carbonyl (C=O) groups excluding carboxylic acids is 1. The van der Waals surface area contributed by atoms with E-state index in [4.69, 9.17) is 15.3 Å². The van der Waals surface area contributed by atoms with E-state index in [-0.39, 0.29) is 11.7 Å². The van der Waals surface area contributed by atoms with Crippen LogP contribution >= 0.6 is 0 Å². The molecule has 0 aromatic heterocycles. The minimum Gasteiger partial charge on any atom is -0.486 e. The molecule has 1 spiro atoms. The van der Waals surface area contributed by atoms with E-state index >= 15 is 0 Å². The third kappa shape index (κ3) is 2.55. The number of nitrogens with zero attached hydrogens (tertiary/aromatic N) is 2. The van der Waals surface area contributed by atoms with Crippen LogP contribution in [0, 0.1) is 28.6 Å². The third-order valence-electron chi connectivity index (χ3n) is 5.58. The molecule has 0 N–H and O–H groups in total. The number of ketones is 1. The maximum atomic E-state index is 13.0. The van der Waals surface area contributed by atoms with Gasteiger partial charge in [-0.2, -0.15) is 10.5 Å². The molecular weight excluding hydrogens is 324 g/mol. The molecule has 0 radical (unpaired) electrons. The highest BCUT2D eigenvalue weighted by atomic mass is 16.5. The van der Waals surface area contributed by atoms with Crippen molar-refractivity contribution < 1.29 is 9.53 Å². The molecule has 4 nitrogen and oxygen atoms in total. The molecule has 1 fully saturated rings. The molecular formula is C22H18N2O2. The number of carbonyl (C=O) groups is 1.